The third-order valence-electron chi connectivity index (χ3n) is 3.88. The number of fused-ring (bicyclic) bond motifs is 1. The first-order valence-corrected chi connectivity index (χ1v) is 8.51. The van der Waals surface area contributed by atoms with Crippen LogP contribution in [0.15, 0.2) is 18.2 Å². The van der Waals surface area contributed by atoms with Gasteiger partial charge in [0.2, 0.25) is 0 Å². The normalized spacial score (nSPS) is 17.4. The van der Waals surface area contributed by atoms with Gasteiger partial charge in [-0.3, -0.25) is 0 Å². The van der Waals surface area contributed by atoms with Gasteiger partial charge >= 0.3 is 0 Å². The molecule has 1 heterocycles. The van der Waals surface area contributed by atoms with E-state index in [2.05, 4.69) is 37.1 Å². The molecule has 1 unspecified atom stereocenters. The van der Waals surface area contributed by atoms with E-state index in [1.165, 1.54) is 0 Å². The van der Waals surface area contributed by atoms with Gasteiger partial charge in [0.25, 0.3) is 0 Å². The van der Waals surface area contributed by atoms with Gasteiger partial charge in [-0.15, -0.1) is 12.6 Å². The van der Waals surface area contributed by atoms with Crippen LogP contribution >= 0.6 is 12.6 Å². The molecule has 0 spiro atoms. The second kappa shape index (κ2) is 7.20. The number of rotatable bonds is 8. The van der Waals surface area contributed by atoms with Gasteiger partial charge in [0.15, 0.2) is 0 Å². The van der Waals surface area contributed by atoms with Crippen LogP contribution in [0.25, 0.3) is 0 Å². The Balaban J connectivity index is 1.87. The lowest BCUT2D eigenvalue weighted by Crippen LogP contribution is -2.33. The Morgan fingerprint density at radius 3 is 2.48 bits per heavy atom. The lowest BCUT2D eigenvalue weighted by Gasteiger charge is -2.30. The van der Waals surface area contributed by atoms with Crippen LogP contribution < -0.4 is 15.4 Å². The zero-order valence-corrected chi connectivity index (χ0v) is 15.2. The highest BCUT2D eigenvalue weighted by molar-refractivity contribution is 7.81. The molecule has 0 aliphatic carbocycles. The van der Waals surface area contributed by atoms with Crippen LogP contribution in [0.5, 0.6) is 5.75 Å². The molecule has 1 aliphatic rings. The van der Waals surface area contributed by atoms with Crippen LogP contribution in [0.1, 0.15) is 40.5 Å². The van der Waals surface area contributed by atoms with Crippen LogP contribution in [0.4, 0.5) is 11.4 Å². The molecular weight excluding hydrogens is 312 g/mol. The highest BCUT2D eigenvalue weighted by atomic mass is 32.1. The quantitative estimate of drug-likeness (QED) is 0.546. The number of aliphatic hydroxyl groups is 1. The van der Waals surface area contributed by atoms with E-state index in [1.807, 2.05) is 32.0 Å². The first-order valence-electron chi connectivity index (χ1n) is 8.00. The third-order valence-corrected chi connectivity index (χ3v) is 4.14. The molecule has 0 radical (unpaired) electrons. The maximum absolute atomic E-state index is 9.03. The van der Waals surface area contributed by atoms with Crippen molar-refractivity contribution in [3.8, 4) is 5.75 Å². The minimum Gasteiger partial charge on any atom is -0.488 e. The summed E-state index contributed by atoms with van der Waals surface area (Å²) in [5.74, 6) is 0.820. The van der Waals surface area contributed by atoms with E-state index in [0.717, 1.165) is 23.5 Å². The average Bonchev–Trinajstić information content (AvgIpc) is 2.76. The summed E-state index contributed by atoms with van der Waals surface area (Å²) >= 11 is 4.35. The molecule has 1 atom stereocenters. The molecule has 130 valence electrons. The maximum atomic E-state index is 9.03. The fourth-order valence-corrected chi connectivity index (χ4v) is 2.73. The standard InChI is InChI=1S/C17H28N2O3S/c1-16(2,7-9-20)21-10-8-17(3,4)22-12-5-6-13-14(11-12)19-15(23)18-13/h5-6,11,15,18-20,23H,7-10H2,1-4H3. The summed E-state index contributed by atoms with van der Waals surface area (Å²) in [7, 11) is 0. The molecule has 6 heteroatoms. The van der Waals surface area contributed by atoms with Crippen molar-refractivity contribution in [3.05, 3.63) is 18.2 Å². The van der Waals surface area contributed by atoms with Gasteiger partial charge in [0.1, 0.15) is 16.8 Å². The Morgan fingerprint density at radius 1 is 1.09 bits per heavy atom. The van der Waals surface area contributed by atoms with Gasteiger partial charge < -0.3 is 25.2 Å². The van der Waals surface area contributed by atoms with E-state index >= 15 is 0 Å². The monoisotopic (exact) mass is 340 g/mol. The molecule has 0 saturated carbocycles. The number of nitrogens with one attached hydrogen (secondary N) is 2. The van der Waals surface area contributed by atoms with Crippen molar-refractivity contribution in [2.75, 3.05) is 23.8 Å². The van der Waals surface area contributed by atoms with Crippen LogP contribution in [-0.4, -0.2) is 35.0 Å². The van der Waals surface area contributed by atoms with E-state index in [4.69, 9.17) is 14.6 Å². The topological polar surface area (TPSA) is 62.8 Å². The third kappa shape index (κ3) is 5.48. The highest BCUT2D eigenvalue weighted by Crippen LogP contribution is 2.34. The molecule has 0 bridgehead atoms. The van der Waals surface area contributed by atoms with E-state index in [9.17, 15) is 0 Å². The Morgan fingerprint density at radius 2 is 1.78 bits per heavy atom. The fourth-order valence-electron chi connectivity index (χ4n) is 2.45. The second-order valence-electron chi connectivity index (χ2n) is 7.09. The number of hydrogen-bond acceptors (Lipinski definition) is 6. The first-order chi connectivity index (χ1) is 10.7. The van der Waals surface area contributed by atoms with Gasteiger partial charge in [-0.2, -0.15) is 0 Å². The molecule has 0 saturated heterocycles. The van der Waals surface area contributed by atoms with Gasteiger partial charge in [-0.1, -0.05) is 0 Å². The van der Waals surface area contributed by atoms with Crippen LogP contribution in [0, 0.1) is 0 Å². The van der Waals surface area contributed by atoms with Gasteiger partial charge in [-0.25, -0.2) is 0 Å². The summed E-state index contributed by atoms with van der Waals surface area (Å²) in [6.45, 7) is 8.80. The summed E-state index contributed by atoms with van der Waals surface area (Å²) in [6.07, 6.45) is 1.39. The van der Waals surface area contributed by atoms with Crippen molar-refractivity contribution in [2.45, 2.75) is 57.2 Å². The molecule has 2 rings (SSSR count). The molecule has 0 amide bonds. The SMILES string of the molecule is CC(C)(CCO)OCCC(C)(C)Oc1ccc2c(c1)NC(S)N2. The summed E-state index contributed by atoms with van der Waals surface area (Å²) < 4.78 is 12.0. The Hall–Kier alpha value is -1.11. The van der Waals surface area contributed by atoms with Crippen LogP contribution in [-0.2, 0) is 4.74 Å². The molecule has 1 aromatic carbocycles. The number of benzene rings is 1. The number of anilines is 2. The van der Waals surface area contributed by atoms with E-state index in [0.29, 0.717) is 13.0 Å². The minimum atomic E-state index is -0.337. The number of thiol groups is 1. The largest absolute Gasteiger partial charge is 0.488 e. The smallest absolute Gasteiger partial charge is 0.143 e. The molecule has 0 fully saturated rings. The number of aliphatic hydroxyl groups excluding tert-OH is 1. The molecular formula is C17H28N2O3S. The number of hydrogen-bond donors (Lipinski definition) is 4. The predicted octanol–water partition coefficient (Wildman–Crippen LogP) is 3.46. The summed E-state index contributed by atoms with van der Waals surface area (Å²) in [5, 5.41) is 15.5. The zero-order chi connectivity index (χ0) is 17.1. The molecule has 3 N–H and O–H groups in total. The molecule has 5 nitrogen and oxygen atoms in total. The zero-order valence-electron chi connectivity index (χ0n) is 14.3. The Kier molecular flexibility index (Phi) is 5.70. The lowest BCUT2D eigenvalue weighted by molar-refractivity contribution is -0.0516. The second-order valence-corrected chi connectivity index (χ2v) is 7.61. The lowest BCUT2D eigenvalue weighted by atomic mass is 10.0. The van der Waals surface area contributed by atoms with Crippen LogP contribution in [0.3, 0.4) is 0 Å². The summed E-state index contributed by atoms with van der Waals surface area (Å²) in [6, 6.07) is 5.93. The Bertz CT molecular complexity index is 535. The van der Waals surface area contributed by atoms with Crippen molar-refractivity contribution >= 4 is 24.0 Å². The minimum absolute atomic E-state index is 0.0598. The van der Waals surface area contributed by atoms with Crippen molar-refractivity contribution in [1.82, 2.24) is 0 Å². The van der Waals surface area contributed by atoms with Crippen LogP contribution in [0.2, 0.25) is 0 Å². The van der Waals surface area contributed by atoms with Gasteiger partial charge in [0.05, 0.1) is 23.6 Å². The van der Waals surface area contributed by atoms with Crippen molar-refractivity contribution in [3.63, 3.8) is 0 Å². The average molecular weight is 340 g/mol. The molecule has 1 aromatic rings. The fraction of sp³-hybridized carbons (Fsp3) is 0.647. The van der Waals surface area contributed by atoms with Crippen molar-refractivity contribution in [2.24, 2.45) is 0 Å². The van der Waals surface area contributed by atoms with E-state index in [-0.39, 0.29) is 23.3 Å². The predicted molar refractivity (Wildman–Crippen MR) is 97.5 cm³/mol. The van der Waals surface area contributed by atoms with Crippen molar-refractivity contribution < 1.29 is 14.6 Å². The van der Waals surface area contributed by atoms with E-state index < -0.39 is 0 Å². The molecule has 23 heavy (non-hydrogen) atoms. The van der Waals surface area contributed by atoms with Gasteiger partial charge in [0, 0.05) is 19.1 Å². The van der Waals surface area contributed by atoms with Gasteiger partial charge in [-0.05, 0) is 46.2 Å². The summed E-state index contributed by atoms with van der Waals surface area (Å²) in [5.41, 5.74) is 1.32. The number of ether oxygens (including phenoxy) is 2. The highest BCUT2D eigenvalue weighted by Gasteiger charge is 2.24. The maximum Gasteiger partial charge on any atom is 0.143 e. The molecule has 0 aromatic heterocycles. The first kappa shape index (κ1) is 18.2. The van der Waals surface area contributed by atoms with E-state index in [1.54, 1.807) is 0 Å². The Labute approximate surface area is 144 Å². The molecule has 1 aliphatic heterocycles. The van der Waals surface area contributed by atoms with Crippen molar-refractivity contribution in [1.29, 1.82) is 0 Å². The summed E-state index contributed by atoms with van der Waals surface area (Å²) in [4.78, 5) is 0.